The Labute approximate surface area is 143 Å². The predicted octanol–water partition coefficient (Wildman–Crippen LogP) is 1.53. The summed E-state index contributed by atoms with van der Waals surface area (Å²) < 4.78 is 1.78. The van der Waals surface area contributed by atoms with E-state index < -0.39 is 0 Å². The number of rotatable bonds is 3. The Balaban J connectivity index is 1.43. The van der Waals surface area contributed by atoms with Crippen molar-refractivity contribution in [2.75, 3.05) is 26.2 Å². The first-order chi connectivity index (χ1) is 11.8. The summed E-state index contributed by atoms with van der Waals surface area (Å²) in [6.45, 7) is 4.16. The van der Waals surface area contributed by atoms with Crippen molar-refractivity contribution in [1.29, 1.82) is 0 Å². The standard InChI is InChI=1S/C16H18N6OS/c23-15(14-10-22-5-1-3-17-16(22)19-14)21-6-2-4-20(7-8-21)9-13-11-24-12-18-13/h1,3,5,10-12H,2,4,6-9H2. The number of thiazole rings is 1. The molecule has 0 N–H and O–H groups in total. The second kappa shape index (κ2) is 6.66. The van der Waals surface area contributed by atoms with Gasteiger partial charge in [-0.2, -0.15) is 0 Å². The van der Waals surface area contributed by atoms with Gasteiger partial charge < -0.3 is 4.90 Å². The Morgan fingerprint density at radius 2 is 2.17 bits per heavy atom. The van der Waals surface area contributed by atoms with Gasteiger partial charge in [-0.25, -0.2) is 15.0 Å². The molecular weight excluding hydrogens is 324 g/mol. The van der Waals surface area contributed by atoms with Crippen LogP contribution in [0.5, 0.6) is 0 Å². The molecule has 4 heterocycles. The third-order valence-corrected chi connectivity index (χ3v) is 4.83. The van der Waals surface area contributed by atoms with E-state index in [1.807, 2.05) is 22.7 Å². The van der Waals surface area contributed by atoms with Gasteiger partial charge in [0.15, 0.2) is 0 Å². The highest BCUT2D eigenvalue weighted by atomic mass is 32.1. The predicted molar refractivity (Wildman–Crippen MR) is 90.9 cm³/mol. The third-order valence-electron chi connectivity index (χ3n) is 4.20. The summed E-state index contributed by atoms with van der Waals surface area (Å²) >= 11 is 1.62. The molecule has 24 heavy (non-hydrogen) atoms. The van der Waals surface area contributed by atoms with E-state index >= 15 is 0 Å². The van der Waals surface area contributed by atoms with Crippen molar-refractivity contribution in [2.24, 2.45) is 0 Å². The van der Waals surface area contributed by atoms with Crippen molar-refractivity contribution in [3.05, 3.63) is 46.9 Å². The second-order valence-electron chi connectivity index (χ2n) is 5.85. The summed E-state index contributed by atoms with van der Waals surface area (Å²) in [6, 6.07) is 1.82. The highest BCUT2D eigenvalue weighted by Crippen LogP contribution is 2.12. The first kappa shape index (κ1) is 15.2. The van der Waals surface area contributed by atoms with E-state index in [1.165, 1.54) is 0 Å². The van der Waals surface area contributed by atoms with Gasteiger partial charge in [-0.1, -0.05) is 0 Å². The fraction of sp³-hybridized carbons (Fsp3) is 0.375. The zero-order valence-electron chi connectivity index (χ0n) is 13.2. The van der Waals surface area contributed by atoms with Gasteiger partial charge >= 0.3 is 0 Å². The van der Waals surface area contributed by atoms with Gasteiger partial charge in [0.2, 0.25) is 5.78 Å². The Morgan fingerprint density at radius 1 is 1.21 bits per heavy atom. The molecule has 1 saturated heterocycles. The molecule has 1 aliphatic heterocycles. The van der Waals surface area contributed by atoms with E-state index in [0.717, 1.165) is 38.3 Å². The molecule has 124 valence electrons. The van der Waals surface area contributed by atoms with Crippen molar-refractivity contribution in [1.82, 2.24) is 29.2 Å². The van der Waals surface area contributed by atoms with Crippen LogP contribution in [0.2, 0.25) is 0 Å². The van der Waals surface area contributed by atoms with E-state index in [4.69, 9.17) is 0 Å². The maximum absolute atomic E-state index is 12.7. The molecule has 1 amide bonds. The maximum Gasteiger partial charge on any atom is 0.274 e. The van der Waals surface area contributed by atoms with Crippen LogP contribution in [0.15, 0.2) is 35.5 Å². The smallest absolute Gasteiger partial charge is 0.274 e. The molecule has 3 aromatic rings. The van der Waals surface area contributed by atoms with Crippen LogP contribution < -0.4 is 0 Å². The Hall–Kier alpha value is -2.32. The molecule has 4 rings (SSSR count). The highest BCUT2D eigenvalue weighted by Gasteiger charge is 2.22. The number of aromatic nitrogens is 4. The number of amides is 1. The Morgan fingerprint density at radius 3 is 3.00 bits per heavy atom. The molecular formula is C16H18N6OS. The van der Waals surface area contributed by atoms with Crippen LogP contribution >= 0.6 is 11.3 Å². The lowest BCUT2D eigenvalue weighted by atomic mass is 10.3. The van der Waals surface area contributed by atoms with Crippen LogP contribution in [0.3, 0.4) is 0 Å². The SMILES string of the molecule is O=C(c1cn2cccnc2n1)N1CCCN(Cc2cscn2)CC1. The normalized spacial score (nSPS) is 16.4. The summed E-state index contributed by atoms with van der Waals surface area (Å²) in [5.41, 5.74) is 3.42. The van der Waals surface area contributed by atoms with E-state index in [1.54, 1.807) is 28.1 Å². The van der Waals surface area contributed by atoms with Crippen LogP contribution in [0, 0.1) is 0 Å². The van der Waals surface area contributed by atoms with Gasteiger partial charge in [-0.05, 0) is 12.5 Å². The van der Waals surface area contributed by atoms with E-state index in [2.05, 4.69) is 25.2 Å². The maximum atomic E-state index is 12.7. The van der Waals surface area contributed by atoms with Gasteiger partial charge in [-0.15, -0.1) is 11.3 Å². The molecule has 0 aliphatic carbocycles. The van der Waals surface area contributed by atoms with Gasteiger partial charge in [-0.3, -0.25) is 14.1 Å². The van der Waals surface area contributed by atoms with Crippen molar-refractivity contribution < 1.29 is 4.79 Å². The zero-order chi connectivity index (χ0) is 16.4. The summed E-state index contributed by atoms with van der Waals surface area (Å²) in [5, 5.41) is 2.08. The summed E-state index contributed by atoms with van der Waals surface area (Å²) in [5.74, 6) is 0.539. The number of imidazole rings is 1. The third kappa shape index (κ3) is 3.15. The van der Waals surface area contributed by atoms with Crippen LogP contribution in [-0.4, -0.2) is 61.2 Å². The van der Waals surface area contributed by atoms with Crippen molar-refractivity contribution in [3.8, 4) is 0 Å². The van der Waals surface area contributed by atoms with E-state index in [-0.39, 0.29) is 5.91 Å². The molecule has 7 nitrogen and oxygen atoms in total. The molecule has 1 aliphatic rings. The molecule has 0 atom stereocenters. The average molecular weight is 342 g/mol. The number of fused-ring (bicyclic) bond motifs is 1. The molecule has 3 aromatic heterocycles. The van der Waals surface area contributed by atoms with Crippen LogP contribution in [0.4, 0.5) is 0 Å². The summed E-state index contributed by atoms with van der Waals surface area (Å²) in [4.78, 5) is 29.8. The lowest BCUT2D eigenvalue weighted by Gasteiger charge is -2.20. The highest BCUT2D eigenvalue weighted by molar-refractivity contribution is 7.07. The first-order valence-electron chi connectivity index (χ1n) is 7.98. The molecule has 0 spiro atoms. The minimum absolute atomic E-state index is 0.0176. The fourth-order valence-corrected chi connectivity index (χ4v) is 3.52. The molecule has 0 unspecified atom stereocenters. The lowest BCUT2D eigenvalue weighted by Crippen LogP contribution is -2.35. The lowest BCUT2D eigenvalue weighted by molar-refractivity contribution is 0.0756. The van der Waals surface area contributed by atoms with Crippen LogP contribution in [0.25, 0.3) is 5.78 Å². The molecule has 0 radical (unpaired) electrons. The van der Waals surface area contributed by atoms with Crippen LogP contribution in [0.1, 0.15) is 22.6 Å². The van der Waals surface area contributed by atoms with Crippen molar-refractivity contribution in [2.45, 2.75) is 13.0 Å². The van der Waals surface area contributed by atoms with Gasteiger partial charge in [0.05, 0.1) is 11.2 Å². The minimum Gasteiger partial charge on any atom is -0.336 e. The number of hydrogen-bond donors (Lipinski definition) is 0. The Bertz CT molecular complexity index is 797. The quantitative estimate of drug-likeness (QED) is 0.722. The second-order valence-corrected chi connectivity index (χ2v) is 6.57. The van der Waals surface area contributed by atoms with Gasteiger partial charge in [0.1, 0.15) is 5.69 Å². The largest absolute Gasteiger partial charge is 0.336 e. The summed E-state index contributed by atoms with van der Waals surface area (Å²) in [7, 11) is 0. The molecule has 1 fully saturated rings. The topological polar surface area (TPSA) is 66.6 Å². The first-order valence-corrected chi connectivity index (χ1v) is 8.92. The molecule has 0 saturated carbocycles. The van der Waals surface area contributed by atoms with Gasteiger partial charge in [0.25, 0.3) is 5.91 Å². The minimum atomic E-state index is -0.0176. The number of carbonyl (C=O) groups excluding carboxylic acids is 1. The van der Waals surface area contributed by atoms with Crippen molar-refractivity contribution in [3.63, 3.8) is 0 Å². The number of nitrogens with zero attached hydrogens (tertiary/aromatic N) is 6. The van der Waals surface area contributed by atoms with E-state index in [9.17, 15) is 4.79 Å². The summed E-state index contributed by atoms with van der Waals surface area (Å²) in [6.07, 6.45) is 6.24. The molecule has 8 heteroatoms. The number of hydrogen-bond acceptors (Lipinski definition) is 6. The van der Waals surface area contributed by atoms with E-state index in [0.29, 0.717) is 18.0 Å². The van der Waals surface area contributed by atoms with Gasteiger partial charge in [0, 0.05) is 56.7 Å². The zero-order valence-corrected chi connectivity index (χ0v) is 14.0. The molecule has 0 aromatic carbocycles. The van der Waals surface area contributed by atoms with Crippen LogP contribution in [-0.2, 0) is 6.54 Å². The number of carbonyl (C=O) groups is 1. The Kier molecular flexibility index (Phi) is 4.22. The fourth-order valence-electron chi connectivity index (χ4n) is 2.97. The molecule has 0 bridgehead atoms. The van der Waals surface area contributed by atoms with Crippen molar-refractivity contribution >= 4 is 23.0 Å². The average Bonchev–Trinajstić information content (AvgIpc) is 3.20. The monoisotopic (exact) mass is 342 g/mol.